The summed E-state index contributed by atoms with van der Waals surface area (Å²) in [6.45, 7) is 5.77. The molecular formula is C5H11F2Si. The largest absolute Gasteiger partial charge is 0.307 e. The Kier molecular flexibility index (Phi) is 2.60. The molecule has 0 atom stereocenters. The van der Waals surface area contributed by atoms with E-state index in [9.17, 15) is 8.78 Å². The van der Waals surface area contributed by atoms with Gasteiger partial charge in [-0.05, 0) is 0 Å². The van der Waals surface area contributed by atoms with Gasteiger partial charge in [0.2, 0.25) is 0 Å². The fourth-order valence-electron chi connectivity index (χ4n) is 0.401. The first-order valence-corrected chi connectivity index (χ1v) is 6.29. The van der Waals surface area contributed by atoms with Crippen LogP contribution in [0.3, 0.4) is 0 Å². The van der Waals surface area contributed by atoms with Crippen LogP contribution in [0.25, 0.3) is 0 Å². The van der Waals surface area contributed by atoms with Gasteiger partial charge in [-0.2, -0.15) is 0 Å². The highest BCUT2D eigenvalue weighted by Gasteiger charge is 2.20. The van der Waals surface area contributed by atoms with Crippen LogP contribution in [0.2, 0.25) is 25.7 Å². The van der Waals surface area contributed by atoms with Crippen LogP contribution >= 0.6 is 0 Å². The highest BCUT2D eigenvalue weighted by atomic mass is 28.3. The Morgan fingerprint density at radius 3 is 1.62 bits per heavy atom. The molecule has 0 nitrogen and oxygen atoms in total. The van der Waals surface area contributed by atoms with Gasteiger partial charge in [0.15, 0.2) is 0 Å². The van der Waals surface area contributed by atoms with Gasteiger partial charge in [0.05, 0.1) is 8.07 Å². The molecule has 3 heteroatoms. The number of halogens is 2. The number of hydrogen-bond donors (Lipinski definition) is 0. The normalized spacial score (nSPS) is 12.8. The van der Waals surface area contributed by atoms with E-state index in [2.05, 4.69) is 0 Å². The average molecular weight is 137 g/mol. The molecule has 0 aromatic carbocycles. The molecule has 0 aliphatic heterocycles. The smallest absolute Gasteiger partial charge is 0.200 e. The summed E-state index contributed by atoms with van der Waals surface area (Å²) >= 11 is 0. The third-order valence-corrected chi connectivity index (χ3v) is 1.99. The fourth-order valence-corrected chi connectivity index (χ4v) is 1.20. The zero-order chi connectivity index (χ0) is 6.78. The first-order valence-electron chi connectivity index (χ1n) is 2.59. The van der Waals surface area contributed by atoms with Gasteiger partial charge in [0, 0.05) is 6.04 Å². The molecule has 0 fully saturated rings. The molecule has 0 unspecified atom stereocenters. The lowest BCUT2D eigenvalue weighted by molar-refractivity contribution is 0.302. The second-order valence-electron chi connectivity index (χ2n) is 3.08. The van der Waals surface area contributed by atoms with Crippen LogP contribution in [-0.2, 0) is 0 Å². The minimum atomic E-state index is -1.51. The maximum Gasteiger partial charge on any atom is 0.307 e. The fraction of sp³-hybridized carbons (Fsp3) is 0.800. The number of hydrogen-bond acceptors (Lipinski definition) is 0. The van der Waals surface area contributed by atoms with Crippen molar-refractivity contribution in [1.82, 2.24) is 0 Å². The number of rotatable bonds is 2. The van der Waals surface area contributed by atoms with E-state index in [1.54, 1.807) is 0 Å². The quantitative estimate of drug-likeness (QED) is 0.513. The molecule has 1 radical (unpaired) electrons. The molecule has 0 N–H and O–H groups in total. The van der Waals surface area contributed by atoms with Gasteiger partial charge in [0.1, 0.15) is 0 Å². The molecule has 0 bridgehead atoms. The Hall–Kier alpha value is 0.0769. The molecule has 49 valence electrons. The van der Waals surface area contributed by atoms with Gasteiger partial charge >= 0.3 is 6.43 Å². The van der Waals surface area contributed by atoms with Crippen LogP contribution in [0.4, 0.5) is 8.78 Å². The van der Waals surface area contributed by atoms with E-state index in [0.717, 1.165) is 0 Å². The summed E-state index contributed by atoms with van der Waals surface area (Å²) in [6, 6.07) is 0.0486. The third-order valence-electron chi connectivity index (χ3n) is 0.664. The predicted molar refractivity (Wildman–Crippen MR) is 33.6 cm³/mol. The van der Waals surface area contributed by atoms with Crippen molar-refractivity contribution in [3.8, 4) is 0 Å². The SMILES string of the molecule is C[Si](C)(C)C[C](F)F. The molecular weight excluding hydrogens is 126 g/mol. The van der Waals surface area contributed by atoms with Crippen molar-refractivity contribution in [3.63, 3.8) is 0 Å². The first kappa shape index (κ1) is 8.08. The van der Waals surface area contributed by atoms with Gasteiger partial charge in [-0.25, -0.2) is 8.78 Å². The lowest BCUT2D eigenvalue weighted by Gasteiger charge is -2.12. The minimum Gasteiger partial charge on any atom is -0.200 e. The van der Waals surface area contributed by atoms with Gasteiger partial charge in [0.25, 0.3) is 0 Å². The van der Waals surface area contributed by atoms with Crippen LogP contribution in [0.1, 0.15) is 0 Å². The third kappa shape index (κ3) is 6.08. The van der Waals surface area contributed by atoms with E-state index < -0.39 is 14.5 Å². The van der Waals surface area contributed by atoms with E-state index in [4.69, 9.17) is 0 Å². The van der Waals surface area contributed by atoms with Crippen LogP contribution < -0.4 is 0 Å². The molecule has 0 aromatic rings. The Morgan fingerprint density at radius 2 is 1.62 bits per heavy atom. The maximum atomic E-state index is 11.5. The van der Waals surface area contributed by atoms with E-state index in [-0.39, 0.29) is 6.04 Å². The first-order chi connectivity index (χ1) is 3.42. The summed E-state index contributed by atoms with van der Waals surface area (Å²) < 4.78 is 23.0. The zero-order valence-corrected chi connectivity index (χ0v) is 6.46. The van der Waals surface area contributed by atoms with E-state index >= 15 is 0 Å². The van der Waals surface area contributed by atoms with Crippen LogP contribution in [0.5, 0.6) is 0 Å². The molecule has 0 amide bonds. The lowest BCUT2D eigenvalue weighted by Crippen LogP contribution is -2.19. The maximum absolute atomic E-state index is 11.5. The topological polar surface area (TPSA) is 0 Å². The standard InChI is InChI=1S/C5H11F2Si/c1-8(2,3)4-5(6)7/h4H2,1-3H3. The van der Waals surface area contributed by atoms with E-state index in [0.29, 0.717) is 0 Å². The Balaban J connectivity index is 3.39. The summed E-state index contributed by atoms with van der Waals surface area (Å²) in [7, 11) is -1.51. The molecule has 0 rings (SSSR count). The predicted octanol–water partition coefficient (Wildman–Crippen LogP) is 2.75. The molecule has 0 heterocycles. The minimum absolute atomic E-state index is 0.0486. The van der Waals surface area contributed by atoms with Gasteiger partial charge < -0.3 is 0 Å². The van der Waals surface area contributed by atoms with Crippen molar-refractivity contribution >= 4 is 8.07 Å². The van der Waals surface area contributed by atoms with E-state index in [1.807, 2.05) is 19.6 Å². The molecule has 0 aromatic heterocycles. The summed E-state index contributed by atoms with van der Waals surface area (Å²) in [6.07, 6.45) is -1.41. The van der Waals surface area contributed by atoms with Crippen molar-refractivity contribution in [2.75, 3.05) is 0 Å². The van der Waals surface area contributed by atoms with Gasteiger partial charge in [-0.15, -0.1) is 0 Å². The van der Waals surface area contributed by atoms with E-state index in [1.165, 1.54) is 0 Å². The lowest BCUT2D eigenvalue weighted by atomic mass is 10.9. The summed E-state index contributed by atoms with van der Waals surface area (Å²) in [5.74, 6) is 0. The van der Waals surface area contributed by atoms with Crippen LogP contribution in [0.15, 0.2) is 0 Å². The molecule has 0 saturated carbocycles. The monoisotopic (exact) mass is 137 g/mol. The highest BCUT2D eigenvalue weighted by Crippen LogP contribution is 2.19. The molecule has 8 heavy (non-hydrogen) atoms. The molecule has 0 saturated heterocycles. The van der Waals surface area contributed by atoms with Crippen LogP contribution in [0, 0.1) is 6.43 Å². The molecule has 0 aliphatic rings. The Bertz CT molecular complexity index is 65.3. The van der Waals surface area contributed by atoms with Crippen molar-refractivity contribution < 1.29 is 8.78 Å². The van der Waals surface area contributed by atoms with Gasteiger partial charge in [-0.1, -0.05) is 19.6 Å². The van der Waals surface area contributed by atoms with Crippen molar-refractivity contribution in [3.05, 3.63) is 6.43 Å². The Morgan fingerprint density at radius 1 is 1.25 bits per heavy atom. The van der Waals surface area contributed by atoms with Crippen molar-refractivity contribution in [2.45, 2.75) is 25.7 Å². The second kappa shape index (κ2) is 2.57. The second-order valence-corrected chi connectivity index (χ2v) is 8.55. The molecule has 0 aliphatic carbocycles. The average Bonchev–Trinajstić information content (AvgIpc) is 1.21. The van der Waals surface area contributed by atoms with Crippen LogP contribution in [-0.4, -0.2) is 8.07 Å². The zero-order valence-electron chi connectivity index (χ0n) is 5.46. The summed E-state index contributed by atoms with van der Waals surface area (Å²) in [5, 5.41) is 0. The van der Waals surface area contributed by atoms with Gasteiger partial charge in [-0.3, -0.25) is 0 Å². The van der Waals surface area contributed by atoms with Crippen molar-refractivity contribution in [1.29, 1.82) is 0 Å². The summed E-state index contributed by atoms with van der Waals surface area (Å²) in [4.78, 5) is 0. The van der Waals surface area contributed by atoms with Crippen molar-refractivity contribution in [2.24, 2.45) is 0 Å². The Labute approximate surface area is 49.9 Å². The molecule has 0 spiro atoms. The summed E-state index contributed by atoms with van der Waals surface area (Å²) in [5.41, 5.74) is 0. The highest BCUT2D eigenvalue weighted by molar-refractivity contribution is 6.76.